The molecule has 0 fully saturated rings. The standard InChI is InChI=1S/C10H8ClNO3S/c11-6-2-1-3-7-10(6)16-5-8(13)12(7)4-9(14)15/h1-3H,4-5H2,(H,14,15). The molecule has 0 saturated heterocycles. The minimum atomic E-state index is -1.04. The van der Waals surface area contributed by atoms with E-state index in [2.05, 4.69) is 0 Å². The van der Waals surface area contributed by atoms with Gasteiger partial charge in [0.1, 0.15) is 6.54 Å². The third kappa shape index (κ3) is 2.01. The Balaban J connectivity index is 2.44. The predicted octanol–water partition coefficient (Wildman–Crippen LogP) is 1.86. The van der Waals surface area contributed by atoms with Gasteiger partial charge in [-0.2, -0.15) is 0 Å². The Morgan fingerprint density at radius 1 is 1.56 bits per heavy atom. The zero-order chi connectivity index (χ0) is 11.7. The summed E-state index contributed by atoms with van der Waals surface area (Å²) in [5.41, 5.74) is 0.580. The van der Waals surface area contributed by atoms with E-state index in [-0.39, 0.29) is 18.2 Å². The first kappa shape index (κ1) is 11.3. The van der Waals surface area contributed by atoms with Crippen LogP contribution in [0.5, 0.6) is 0 Å². The molecule has 0 spiro atoms. The zero-order valence-electron chi connectivity index (χ0n) is 8.14. The highest BCUT2D eigenvalue weighted by atomic mass is 35.5. The third-order valence-electron chi connectivity index (χ3n) is 2.17. The van der Waals surface area contributed by atoms with Crippen LogP contribution in [0.4, 0.5) is 5.69 Å². The molecule has 4 nitrogen and oxygen atoms in total. The molecule has 0 radical (unpaired) electrons. The van der Waals surface area contributed by atoms with E-state index >= 15 is 0 Å². The van der Waals surface area contributed by atoms with Crippen molar-refractivity contribution < 1.29 is 14.7 Å². The number of hydrogen-bond acceptors (Lipinski definition) is 3. The molecular formula is C10H8ClNO3S. The van der Waals surface area contributed by atoms with Crippen molar-refractivity contribution in [3.8, 4) is 0 Å². The van der Waals surface area contributed by atoms with Crippen molar-refractivity contribution in [3.63, 3.8) is 0 Å². The molecule has 16 heavy (non-hydrogen) atoms. The van der Waals surface area contributed by atoms with E-state index in [1.807, 2.05) is 0 Å². The molecule has 1 aliphatic rings. The Hall–Kier alpha value is -1.20. The number of rotatable bonds is 2. The maximum atomic E-state index is 11.6. The number of carbonyl (C=O) groups is 2. The number of carboxylic acid groups (broad SMARTS) is 1. The Morgan fingerprint density at radius 3 is 3.00 bits per heavy atom. The number of amides is 1. The van der Waals surface area contributed by atoms with E-state index in [0.29, 0.717) is 10.7 Å². The van der Waals surface area contributed by atoms with Crippen LogP contribution >= 0.6 is 23.4 Å². The number of fused-ring (bicyclic) bond motifs is 1. The number of hydrogen-bond donors (Lipinski definition) is 1. The van der Waals surface area contributed by atoms with Gasteiger partial charge in [-0.15, -0.1) is 11.8 Å². The highest BCUT2D eigenvalue weighted by molar-refractivity contribution is 8.00. The smallest absolute Gasteiger partial charge is 0.323 e. The molecule has 84 valence electrons. The number of aliphatic carboxylic acids is 1. The van der Waals surface area contributed by atoms with Gasteiger partial charge in [0.2, 0.25) is 5.91 Å². The minimum absolute atomic E-state index is 0.206. The van der Waals surface area contributed by atoms with Crippen LogP contribution in [-0.4, -0.2) is 29.3 Å². The molecule has 1 aromatic carbocycles. The number of benzene rings is 1. The molecule has 0 saturated carbocycles. The number of anilines is 1. The molecule has 1 N–H and O–H groups in total. The summed E-state index contributed by atoms with van der Waals surface area (Å²) in [6, 6.07) is 5.13. The quantitative estimate of drug-likeness (QED) is 0.879. The molecule has 0 aliphatic carbocycles. The fraction of sp³-hybridized carbons (Fsp3) is 0.200. The maximum Gasteiger partial charge on any atom is 0.323 e. The van der Waals surface area contributed by atoms with Gasteiger partial charge < -0.3 is 5.11 Å². The lowest BCUT2D eigenvalue weighted by Crippen LogP contribution is -2.39. The highest BCUT2D eigenvalue weighted by Gasteiger charge is 2.27. The van der Waals surface area contributed by atoms with Crippen LogP contribution in [0.15, 0.2) is 23.1 Å². The fourth-order valence-corrected chi connectivity index (χ4v) is 2.80. The normalized spacial score (nSPS) is 14.8. The van der Waals surface area contributed by atoms with Crippen molar-refractivity contribution >= 4 is 40.9 Å². The number of thioether (sulfide) groups is 1. The van der Waals surface area contributed by atoms with Gasteiger partial charge in [0, 0.05) is 0 Å². The summed E-state index contributed by atoms with van der Waals surface area (Å²) in [6.45, 7) is -0.327. The van der Waals surface area contributed by atoms with Crippen molar-refractivity contribution in [2.24, 2.45) is 0 Å². The van der Waals surface area contributed by atoms with E-state index in [1.54, 1.807) is 18.2 Å². The van der Waals surface area contributed by atoms with Crippen molar-refractivity contribution in [1.82, 2.24) is 0 Å². The van der Waals surface area contributed by atoms with Gasteiger partial charge in [-0.05, 0) is 12.1 Å². The second-order valence-electron chi connectivity index (χ2n) is 3.25. The van der Waals surface area contributed by atoms with Crippen LogP contribution < -0.4 is 4.90 Å². The molecule has 0 bridgehead atoms. The molecule has 2 rings (SSSR count). The first-order valence-electron chi connectivity index (χ1n) is 4.53. The van der Waals surface area contributed by atoms with Gasteiger partial charge in [0.25, 0.3) is 0 Å². The molecule has 6 heteroatoms. The lowest BCUT2D eigenvalue weighted by atomic mass is 10.2. The molecule has 1 aromatic rings. The minimum Gasteiger partial charge on any atom is -0.480 e. The van der Waals surface area contributed by atoms with Crippen molar-refractivity contribution in [1.29, 1.82) is 0 Å². The number of nitrogens with zero attached hydrogens (tertiary/aromatic N) is 1. The molecule has 0 aromatic heterocycles. The van der Waals surface area contributed by atoms with Crippen LogP contribution in [0.3, 0.4) is 0 Å². The van der Waals surface area contributed by atoms with Gasteiger partial charge in [-0.25, -0.2) is 0 Å². The Kier molecular flexibility index (Phi) is 3.07. The molecule has 1 amide bonds. The summed E-state index contributed by atoms with van der Waals surface area (Å²) in [5, 5.41) is 9.29. The SMILES string of the molecule is O=C(O)CN1C(=O)CSc2c(Cl)cccc21. The zero-order valence-corrected chi connectivity index (χ0v) is 9.72. The van der Waals surface area contributed by atoms with E-state index in [0.717, 1.165) is 4.90 Å². The average molecular weight is 258 g/mol. The Morgan fingerprint density at radius 2 is 2.31 bits per heavy atom. The van der Waals surface area contributed by atoms with E-state index in [1.165, 1.54) is 16.7 Å². The lowest BCUT2D eigenvalue weighted by Gasteiger charge is -2.27. The monoisotopic (exact) mass is 257 g/mol. The third-order valence-corrected chi connectivity index (χ3v) is 3.71. The second kappa shape index (κ2) is 4.35. The largest absolute Gasteiger partial charge is 0.480 e. The summed E-state index contributed by atoms with van der Waals surface area (Å²) in [7, 11) is 0. The van der Waals surface area contributed by atoms with Crippen LogP contribution in [0.2, 0.25) is 5.02 Å². The molecule has 0 unspecified atom stereocenters. The summed E-state index contributed by atoms with van der Waals surface area (Å²) >= 11 is 7.32. The van der Waals surface area contributed by atoms with E-state index in [9.17, 15) is 9.59 Å². The van der Waals surface area contributed by atoms with Crippen LogP contribution in [0.1, 0.15) is 0 Å². The molecule has 0 atom stereocenters. The van der Waals surface area contributed by atoms with Crippen LogP contribution in [0.25, 0.3) is 0 Å². The van der Waals surface area contributed by atoms with Crippen LogP contribution in [-0.2, 0) is 9.59 Å². The number of halogens is 1. The summed E-state index contributed by atoms with van der Waals surface area (Å²) in [4.78, 5) is 24.3. The second-order valence-corrected chi connectivity index (χ2v) is 4.64. The predicted molar refractivity (Wildman–Crippen MR) is 62.2 cm³/mol. The number of carboxylic acids is 1. The summed E-state index contributed by atoms with van der Waals surface area (Å²) in [6.07, 6.45) is 0. The average Bonchev–Trinajstić information content (AvgIpc) is 2.22. The Bertz CT molecular complexity index is 463. The van der Waals surface area contributed by atoms with Gasteiger partial charge >= 0.3 is 5.97 Å². The van der Waals surface area contributed by atoms with Crippen LogP contribution in [0, 0.1) is 0 Å². The van der Waals surface area contributed by atoms with Gasteiger partial charge in [-0.1, -0.05) is 17.7 Å². The number of carbonyl (C=O) groups excluding carboxylic acids is 1. The van der Waals surface area contributed by atoms with Crippen molar-refractivity contribution in [3.05, 3.63) is 23.2 Å². The van der Waals surface area contributed by atoms with Gasteiger partial charge in [0.15, 0.2) is 0 Å². The van der Waals surface area contributed by atoms with E-state index in [4.69, 9.17) is 16.7 Å². The maximum absolute atomic E-state index is 11.6. The lowest BCUT2D eigenvalue weighted by molar-refractivity contribution is -0.136. The van der Waals surface area contributed by atoms with Gasteiger partial charge in [-0.3, -0.25) is 14.5 Å². The van der Waals surface area contributed by atoms with Crippen molar-refractivity contribution in [2.75, 3.05) is 17.2 Å². The summed E-state index contributed by atoms with van der Waals surface area (Å²) < 4.78 is 0. The first-order valence-corrected chi connectivity index (χ1v) is 5.89. The fourth-order valence-electron chi connectivity index (χ4n) is 1.51. The summed E-state index contributed by atoms with van der Waals surface area (Å²) in [5.74, 6) is -1.02. The topological polar surface area (TPSA) is 57.6 Å². The first-order chi connectivity index (χ1) is 7.59. The molecule has 1 aliphatic heterocycles. The van der Waals surface area contributed by atoms with Gasteiger partial charge in [0.05, 0.1) is 21.4 Å². The molecule has 1 heterocycles. The van der Waals surface area contributed by atoms with E-state index < -0.39 is 5.97 Å². The highest BCUT2D eigenvalue weighted by Crippen LogP contribution is 2.39. The Labute approximate surface area is 101 Å². The van der Waals surface area contributed by atoms with Crippen molar-refractivity contribution in [2.45, 2.75) is 4.90 Å². The molecular weight excluding hydrogens is 250 g/mol.